The molecule has 0 fully saturated rings. The highest BCUT2D eigenvalue weighted by atomic mass is 14.9. The number of rotatable bonds is 8. The summed E-state index contributed by atoms with van der Waals surface area (Å²) in [5.41, 5.74) is 5.94. The van der Waals surface area contributed by atoms with Crippen LogP contribution in [0.4, 0.5) is 5.69 Å². The first-order valence-electron chi connectivity index (χ1n) is 8.82. The van der Waals surface area contributed by atoms with Crippen molar-refractivity contribution in [1.82, 2.24) is 5.32 Å². The second-order valence-corrected chi connectivity index (χ2v) is 8.14. The highest BCUT2D eigenvalue weighted by Gasteiger charge is 2.40. The van der Waals surface area contributed by atoms with Crippen molar-refractivity contribution in [3.05, 3.63) is 53.8 Å². The number of benzene rings is 1. The van der Waals surface area contributed by atoms with Crippen LogP contribution in [0.5, 0.6) is 0 Å². The molecule has 1 unspecified atom stereocenters. The predicted octanol–water partition coefficient (Wildman–Crippen LogP) is 5.66. The average molecular weight is 329 g/mol. The summed E-state index contributed by atoms with van der Waals surface area (Å²) in [6.45, 7) is 24.9. The molecule has 0 heterocycles. The molecule has 1 atom stereocenters. The van der Waals surface area contributed by atoms with Crippen molar-refractivity contribution in [2.75, 3.05) is 18.9 Å². The van der Waals surface area contributed by atoms with Crippen LogP contribution in [0.1, 0.15) is 52.7 Å². The summed E-state index contributed by atoms with van der Waals surface area (Å²) in [6, 6.07) is 6.68. The molecule has 0 aliphatic heterocycles. The first-order valence-corrected chi connectivity index (χ1v) is 8.82. The molecule has 134 valence electrons. The van der Waals surface area contributed by atoms with E-state index in [0.29, 0.717) is 5.92 Å². The van der Waals surface area contributed by atoms with E-state index in [9.17, 15) is 0 Å². The van der Waals surface area contributed by atoms with Crippen molar-refractivity contribution < 1.29 is 0 Å². The quantitative estimate of drug-likeness (QED) is 0.602. The van der Waals surface area contributed by atoms with Crippen LogP contribution in [-0.2, 0) is 5.41 Å². The van der Waals surface area contributed by atoms with E-state index in [1.165, 1.54) is 22.4 Å². The summed E-state index contributed by atoms with van der Waals surface area (Å²) in [4.78, 5) is 0. The van der Waals surface area contributed by atoms with Gasteiger partial charge < -0.3 is 10.6 Å². The molecule has 2 heteroatoms. The molecule has 0 amide bonds. The third-order valence-electron chi connectivity index (χ3n) is 6.00. The van der Waals surface area contributed by atoms with Crippen molar-refractivity contribution >= 4 is 5.69 Å². The van der Waals surface area contributed by atoms with Gasteiger partial charge in [0, 0.05) is 35.8 Å². The highest BCUT2D eigenvalue weighted by Crippen LogP contribution is 2.45. The molecular weight excluding hydrogens is 292 g/mol. The smallest absolute Gasteiger partial charge is 0.0367 e. The van der Waals surface area contributed by atoms with Crippen molar-refractivity contribution in [3.63, 3.8) is 0 Å². The molecule has 0 bridgehead atoms. The average Bonchev–Trinajstić information content (AvgIpc) is 2.51. The van der Waals surface area contributed by atoms with Gasteiger partial charge in [-0.05, 0) is 37.0 Å². The summed E-state index contributed by atoms with van der Waals surface area (Å²) in [6.07, 6.45) is 0. The maximum absolute atomic E-state index is 4.35. The van der Waals surface area contributed by atoms with Crippen molar-refractivity contribution in [2.45, 2.75) is 53.9 Å². The van der Waals surface area contributed by atoms with Crippen LogP contribution < -0.4 is 10.6 Å². The van der Waals surface area contributed by atoms with E-state index in [2.05, 4.69) is 90.5 Å². The maximum atomic E-state index is 4.35. The molecule has 0 spiro atoms. The zero-order chi connectivity index (χ0) is 18.7. The Bertz CT molecular complexity index is 608. The fourth-order valence-corrected chi connectivity index (χ4v) is 2.74. The molecule has 24 heavy (non-hydrogen) atoms. The Hall–Kier alpha value is -1.70. The van der Waals surface area contributed by atoms with Crippen LogP contribution in [0.2, 0.25) is 0 Å². The third-order valence-corrected chi connectivity index (χ3v) is 6.00. The number of nitrogens with one attached hydrogen (secondary N) is 2. The van der Waals surface area contributed by atoms with Gasteiger partial charge in [0.1, 0.15) is 0 Å². The van der Waals surface area contributed by atoms with Crippen molar-refractivity contribution in [1.29, 1.82) is 0 Å². The largest absolute Gasteiger partial charge is 0.388 e. The lowest BCUT2D eigenvalue weighted by Crippen LogP contribution is -2.42. The van der Waals surface area contributed by atoms with E-state index in [1.54, 1.807) is 0 Å². The minimum atomic E-state index is -0.0879. The first-order chi connectivity index (χ1) is 10.9. The van der Waals surface area contributed by atoms with E-state index < -0.39 is 0 Å². The Morgan fingerprint density at radius 2 is 1.75 bits per heavy atom. The molecule has 2 nitrogen and oxygen atoms in total. The fourth-order valence-electron chi connectivity index (χ4n) is 2.74. The molecule has 0 aromatic heterocycles. The van der Waals surface area contributed by atoms with E-state index >= 15 is 0 Å². The van der Waals surface area contributed by atoms with Crippen LogP contribution in [0.15, 0.2) is 42.6 Å². The summed E-state index contributed by atoms with van der Waals surface area (Å²) in [5, 5.41) is 6.79. The third kappa shape index (κ3) is 4.03. The number of anilines is 1. The predicted molar refractivity (Wildman–Crippen MR) is 109 cm³/mol. The van der Waals surface area contributed by atoms with Crippen molar-refractivity contribution in [3.8, 4) is 0 Å². The maximum Gasteiger partial charge on any atom is 0.0367 e. The van der Waals surface area contributed by atoms with Crippen molar-refractivity contribution in [2.24, 2.45) is 11.3 Å². The number of aryl methyl sites for hydroxylation is 1. The molecule has 0 aliphatic carbocycles. The van der Waals surface area contributed by atoms with Gasteiger partial charge in [0.05, 0.1) is 0 Å². The molecule has 0 saturated heterocycles. The number of hydrogen-bond donors (Lipinski definition) is 2. The van der Waals surface area contributed by atoms with E-state index in [4.69, 9.17) is 0 Å². The molecule has 1 aromatic rings. The minimum absolute atomic E-state index is 0.0411. The molecule has 0 saturated carbocycles. The Morgan fingerprint density at radius 3 is 2.21 bits per heavy atom. The van der Waals surface area contributed by atoms with Crippen LogP contribution in [-0.4, -0.2) is 13.6 Å². The van der Waals surface area contributed by atoms with Gasteiger partial charge in [-0.2, -0.15) is 0 Å². The summed E-state index contributed by atoms with van der Waals surface area (Å²) >= 11 is 0. The van der Waals surface area contributed by atoms with Gasteiger partial charge in [0.25, 0.3) is 0 Å². The minimum Gasteiger partial charge on any atom is -0.388 e. The lowest BCUT2D eigenvalue weighted by molar-refractivity contribution is 0.234. The lowest BCUT2D eigenvalue weighted by atomic mass is 9.62. The van der Waals surface area contributed by atoms with Crippen LogP contribution in [0, 0.1) is 18.3 Å². The Labute approximate surface area is 149 Å². The summed E-state index contributed by atoms with van der Waals surface area (Å²) in [5.74, 6) is 0.442. The standard InChI is InChI=1S/C22H36N2/c1-15(2)17(4)14-24-18(5)21(6,7)22(8,9)19-11-12-20(23-10)16(3)13-19/h11-13,17,23-24H,1,5,14H2,2-4,6-10H3. The number of hydrogen-bond acceptors (Lipinski definition) is 2. The van der Waals surface area contributed by atoms with E-state index in [0.717, 1.165) is 12.2 Å². The van der Waals surface area contributed by atoms with Crippen LogP contribution in [0.25, 0.3) is 0 Å². The summed E-state index contributed by atoms with van der Waals surface area (Å²) in [7, 11) is 1.96. The van der Waals surface area contributed by atoms with E-state index in [1.807, 2.05) is 7.05 Å². The zero-order valence-corrected chi connectivity index (χ0v) is 16.9. The molecular formula is C22H36N2. The Balaban J connectivity index is 3.03. The van der Waals surface area contributed by atoms with Gasteiger partial charge in [-0.1, -0.05) is 65.5 Å². The SMILES string of the molecule is C=C(C)C(C)CNC(=C)C(C)(C)C(C)(C)c1ccc(NC)c(C)c1. The molecule has 1 aromatic carbocycles. The van der Waals surface area contributed by atoms with E-state index in [-0.39, 0.29) is 10.8 Å². The zero-order valence-electron chi connectivity index (χ0n) is 16.9. The monoisotopic (exact) mass is 328 g/mol. The lowest BCUT2D eigenvalue weighted by Gasteiger charge is -2.44. The second kappa shape index (κ2) is 7.46. The number of allylic oxidation sites excluding steroid dienone is 1. The topological polar surface area (TPSA) is 24.1 Å². The molecule has 0 aliphatic rings. The second-order valence-electron chi connectivity index (χ2n) is 8.14. The molecule has 2 N–H and O–H groups in total. The summed E-state index contributed by atoms with van der Waals surface area (Å²) < 4.78 is 0. The molecule has 0 radical (unpaired) electrons. The van der Waals surface area contributed by atoms with Gasteiger partial charge >= 0.3 is 0 Å². The Kier molecular flexibility index (Phi) is 6.32. The van der Waals surface area contributed by atoms with Gasteiger partial charge in [-0.25, -0.2) is 0 Å². The van der Waals surface area contributed by atoms with Crippen LogP contribution in [0.3, 0.4) is 0 Å². The fraction of sp³-hybridized carbons (Fsp3) is 0.545. The van der Waals surface area contributed by atoms with Gasteiger partial charge in [0.15, 0.2) is 0 Å². The first kappa shape index (κ1) is 20.3. The Morgan fingerprint density at radius 1 is 1.17 bits per heavy atom. The van der Waals surface area contributed by atoms with Gasteiger partial charge in [-0.15, -0.1) is 0 Å². The highest BCUT2D eigenvalue weighted by molar-refractivity contribution is 5.53. The van der Waals surface area contributed by atoms with Gasteiger partial charge in [0.2, 0.25) is 0 Å². The van der Waals surface area contributed by atoms with Crippen LogP contribution >= 0.6 is 0 Å². The molecule has 1 rings (SSSR count). The van der Waals surface area contributed by atoms with Gasteiger partial charge in [-0.3, -0.25) is 0 Å². The normalized spacial score (nSPS) is 13.3.